The van der Waals surface area contributed by atoms with E-state index in [1.807, 2.05) is 13.8 Å². The third-order valence-electron chi connectivity index (χ3n) is 14.4. The SMILES string of the molecule is CC1CCC23CC24CCC2(C)C([C@@]5(C)CC[C@@H](C(C)(C)O)O5)[C@@H](O)C[C@@]2(C)C4CC[C@H]3C1(C)C. The van der Waals surface area contributed by atoms with Gasteiger partial charge in [-0.25, -0.2) is 0 Å². The Hall–Kier alpha value is -0.120. The van der Waals surface area contributed by atoms with Crippen molar-refractivity contribution in [1.82, 2.24) is 0 Å². The van der Waals surface area contributed by atoms with Crippen LogP contribution >= 0.6 is 0 Å². The van der Waals surface area contributed by atoms with Crippen LogP contribution in [0.25, 0.3) is 0 Å². The van der Waals surface area contributed by atoms with Gasteiger partial charge in [0.2, 0.25) is 0 Å². The molecule has 6 rings (SSSR count). The van der Waals surface area contributed by atoms with Gasteiger partial charge in [0.05, 0.1) is 23.4 Å². The lowest BCUT2D eigenvalue weighted by Crippen LogP contribution is -2.58. The monoisotopic (exact) mass is 472 g/mol. The van der Waals surface area contributed by atoms with Gasteiger partial charge in [-0.3, -0.25) is 0 Å². The summed E-state index contributed by atoms with van der Waals surface area (Å²) in [5.74, 6) is 2.62. The Morgan fingerprint density at radius 3 is 2.09 bits per heavy atom. The fourth-order valence-corrected chi connectivity index (χ4v) is 12.3. The number of hydrogen-bond acceptors (Lipinski definition) is 3. The van der Waals surface area contributed by atoms with Gasteiger partial charge in [-0.1, -0.05) is 34.6 Å². The standard InChI is InChI=1S/C31H52O3/c1-19-11-14-30-18-31(30)16-15-27(6)24(29(8)13-12-23(34-29)26(4,5)33)20(32)17-28(27,7)22(31)10-9-21(30)25(19,2)3/h19-24,32-33H,9-18H2,1-8H3/t19?,20-,21-,22?,23-,24?,27?,28-,29+,30?,31?/m0/s1. The maximum absolute atomic E-state index is 11.8. The Labute approximate surface area is 208 Å². The van der Waals surface area contributed by atoms with E-state index in [1.54, 1.807) is 0 Å². The molecule has 0 amide bonds. The summed E-state index contributed by atoms with van der Waals surface area (Å²) in [5.41, 5.74) is 0.676. The number of fused-ring (bicyclic) bond motifs is 2. The van der Waals surface area contributed by atoms with Gasteiger partial charge in [0.15, 0.2) is 0 Å². The molecule has 0 aromatic carbocycles. The lowest BCUT2D eigenvalue weighted by Gasteiger charge is -2.64. The van der Waals surface area contributed by atoms with Crippen molar-refractivity contribution in [1.29, 1.82) is 0 Å². The highest BCUT2D eigenvalue weighted by atomic mass is 16.5. The number of rotatable bonds is 2. The average molecular weight is 473 g/mol. The fraction of sp³-hybridized carbons (Fsp3) is 1.00. The summed E-state index contributed by atoms with van der Waals surface area (Å²) in [7, 11) is 0. The number of ether oxygens (including phenoxy) is 1. The number of hydrogen-bond donors (Lipinski definition) is 2. The molecule has 34 heavy (non-hydrogen) atoms. The van der Waals surface area contributed by atoms with Crippen LogP contribution in [0.4, 0.5) is 0 Å². The number of aliphatic hydroxyl groups is 2. The van der Waals surface area contributed by atoms with E-state index in [9.17, 15) is 10.2 Å². The minimum absolute atomic E-state index is 0.0969. The Kier molecular flexibility index (Phi) is 4.74. The first-order chi connectivity index (χ1) is 15.6. The molecule has 5 saturated carbocycles. The van der Waals surface area contributed by atoms with Gasteiger partial charge < -0.3 is 14.9 Å². The summed E-state index contributed by atoms with van der Waals surface area (Å²) in [5, 5.41) is 22.4. The zero-order valence-corrected chi connectivity index (χ0v) is 23.3. The van der Waals surface area contributed by atoms with E-state index in [1.165, 1.54) is 44.9 Å². The smallest absolute Gasteiger partial charge is 0.0865 e. The molecule has 194 valence electrons. The van der Waals surface area contributed by atoms with Gasteiger partial charge in [0.1, 0.15) is 0 Å². The van der Waals surface area contributed by atoms with Gasteiger partial charge in [-0.05, 0) is 130 Å². The van der Waals surface area contributed by atoms with Gasteiger partial charge >= 0.3 is 0 Å². The Balaban J connectivity index is 1.34. The molecule has 6 fully saturated rings. The van der Waals surface area contributed by atoms with Crippen LogP contribution in [0.1, 0.15) is 120 Å². The summed E-state index contributed by atoms with van der Waals surface area (Å²) in [6, 6.07) is 0. The van der Waals surface area contributed by atoms with Crippen molar-refractivity contribution in [3.8, 4) is 0 Å². The van der Waals surface area contributed by atoms with Crippen LogP contribution < -0.4 is 0 Å². The lowest BCUT2D eigenvalue weighted by atomic mass is 9.41. The van der Waals surface area contributed by atoms with Crippen molar-refractivity contribution in [2.24, 2.45) is 50.7 Å². The van der Waals surface area contributed by atoms with Crippen molar-refractivity contribution < 1.29 is 14.9 Å². The molecule has 6 aliphatic rings. The Morgan fingerprint density at radius 2 is 1.44 bits per heavy atom. The molecule has 5 aliphatic carbocycles. The van der Waals surface area contributed by atoms with E-state index in [-0.39, 0.29) is 34.6 Å². The second-order valence-electron chi connectivity index (χ2n) is 16.1. The third-order valence-corrected chi connectivity index (χ3v) is 14.4. The zero-order valence-electron chi connectivity index (χ0n) is 23.3. The highest BCUT2D eigenvalue weighted by Crippen LogP contribution is 2.89. The van der Waals surface area contributed by atoms with E-state index in [0.717, 1.165) is 37.0 Å². The van der Waals surface area contributed by atoms with Crippen molar-refractivity contribution >= 4 is 0 Å². The van der Waals surface area contributed by atoms with Crippen molar-refractivity contribution in [3.05, 3.63) is 0 Å². The van der Waals surface area contributed by atoms with E-state index in [2.05, 4.69) is 41.5 Å². The summed E-state index contributed by atoms with van der Waals surface area (Å²) in [6.07, 6.45) is 12.0. The van der Waals surface area contributed by atoms with Crippen molar-refractivity contribution in [2.75, 3.05) is 0 Å². The van der Waals surface area contributed by atoms with E-state index in [4.69, 9.17) is 4.74 Å². The first kappa shape index (κ1) is 24.2. The minimum Gasteiger partial charge on any atom is -0.393 e. The van der Waals surface area contributed by atoms with Gasteiger partial charge in [0.25, 0.3) is 0 Å². The normalized spacial score (nSPS) is 60.2. The topological polar surface area (TPSA) is 49.7 Å². The highest BCUT2D eigenvalue weighted by molar-refractivity contribution is 5.31. The van der Waals surface area contributed by atoms with Crippen LogP contribution in [0.2, 0.25) is 0 Å². The van der Waals surface area contributed by atoms with Crippen molar-refractivity contribution in [3.63, 3.8) is 0 Å². The molecule has 11 atom stereocenters. The average Bonchev–Trinajstić information content (AvgIpc) is 3.11. The minimum atomic E-state index is -0.828. The third kappa shape index (κ3) is 2.61. The molecule has 0 aromatic rings. The predicted molar refractivity (Wildman–Crippen MR) is 136 cm³/mol. The maximum Gasteiger partial charge on any atom is 0.0865 e. The zero-order chi connectivity index (χ0) is 24.7. The molecule has 3 nitrogen and oxygen atoms in total. The summed E-state index contributed by atoms with van der Waals surface area (Å²) < 4.78 is 6.71. The van der Waals surface area contributed by atoms with Gasteiger partial charge in [-0.2, -0.15) is 0 Å². The van der Waals surface area contributed by atoms with E-state index >= 15 is 0 Å². The molecule has 6 unspecified atom stereocenters. The first-order valence-electron chi connectivity index (χ1n) is 14.7. The quantitative estimate of drug-likeness (QED) is 0.468. The van der Waals surface area contributed by atoms with Gasteiger partial charge in [0, 0.05) is 5.92 Å². The first-order valence-corrected chi connectivity index (χ1v) is 14.7. The fourth-order valence-electron chi connectivity index (χ4n) is 12.3. The summed E-state index contributed by atoms with van der Waals surface area (Å²) in [6.45, 7) is 18.8. The molecule has 2 spiro atoms. The van der Waals surface area contributed by atoms with Gasteiger partial charge in [-0.15, -0.1) is 0 Å². The molecule has 1 heterocycles. The van der Waals surface area contributed by atoms with Crippen molar-refractivity contribution in [2.45, 2.75) is 143 Å². The summed E-state index contributed by atoms with van der Waals surface area (Å²) in [4.78, 5) is 0. The molecule has 0 radical (unpaired) electrons. The molecule has 1 saturated heterocycles. The second kappa shape index (κ2) is 6.65. The van der Waals surface area contributed by atoms with Crippen LogP contribution in [0, 0.1) is 50.7 Å². The van der Waals surface area contributed by atoms with Crippen LogP contribution in [0.3, 0.4) is 0 Å². The molecule has 0 bridgehead atoms. The van der Waals surface area contributed by atoms with E-state index < -0.39 is 5.60 Å². The van der Waals surface area contributed by atoms with Crippen LogP contribution in [0.5, 0.6) is 0 Å². The van der Waals surface area contributed by atoms with Crippen LogP contribution in [-0.4, -0.2) is 33.6 Å². The Morgan fingerprint density at radius 1 is 0.794 bits per heavy atom. The second-order valence-corrected chi connectivity index (χ2v) is 16.1. The molecular formula is C31H52O3. The molecule has 2 N–H and O–H groups in total. The molecular weight excluding hydrogens is 420 g/mol. The van der Waals surface area contributed by atoms with Crippen LogP contribution in [-0.2, 0) is 4.74 Å². The number of aliphatic hydroxyl groups excluding tert-OH is 1. The van der Waals surface area contributed by atoms with E-state index in [0.29, 0.717) is 16.2 Å². The van der Waals surface area contributed by atoms with Crippen LogP contribution in [0.15, 0.2) is 0 Å². The molecule has 0 aromatic heterocycles. The lowest BCUT2D eigenvalue weighted by molar-refractivity contribution is -0.193. The highest BCUT2D eigenvalue weighted by Gasteiger charge is 2.83. The summed E-state index contributed by atoms with van der Waals surface area (Å²) >= 11 is 0. The molecule has 3 heteroatoms. The largest absolute Gasteiger partial charge is 0.393 e. The Bertz CT molecular complexity index is 874. The predicted octanol–water partition coefficient (Wildman–Crippen LogP) is 6.74. The molecule has 1 aliphatic heterocycles. The maximum atomic E-state index is 11.8.